The number of piperidine rings is 1. The van der Waals surface area contributed by atoms with E-state index in [1.54, 1.807) is 6.20 Å². The molecule has 0 aliphatic carbocycles. The maximum absolute atomic E-state index is 11.8. The van der Waals surface area contributed by atoms with Gasteiger partial charge in [0.05, 0.1) is 0 Å². The van der Waals surface area contributed by atoms with Crippen molar-refractivity contribution in [1.82, 2.24) is 15.2 Å². The Hall–Kier alpha value is -1.62. The first kappa shape index (κ1) is 14.8. The SMILES string of the molecule is CCNC(=O)c1cc(NC2CCN(C)CC2C)ccn1. The molecule has 1 saturated heterocycles. The van der Waals surface area contributed by atoms with Crippen molar-refractivity contribution >= 4 is 11.6 Å². The normalized spacial score (nSPS) is 23.4. The van der Waals surface area contributed by atoms with Crippen molar-refractivity contribution in [2.75, 3.05) is 32.0 Å². The van der Waals surface area contributed by atoms with Crippen molar-refractivity contribution in [3.8, 4) is 0 Å². The highest BCUT2D eigenvalue weighted by atomic mass is 16.1. The molecule has 1 aliphatic rings. The zero-order valence-electron chi connectivity index (χ0n) is 12.5. The molecule has 0 bridgehead atoms. The van der Waals surface area contributed by atoms with Crippen LogP contribution in [0, 0.1) is 5.92 Å². The van der Waals surface area contributed by atoms with Gasteiger partial charge < -0.3 is 15.5 Å². The number of anilines is 1. The molecule has 110 valence electrons. The van der Waals surface area contributed by atoms with E-state index < -0.39 is 0 Å². The third-order valence-corrected chi connectivity index (χ3v) is 3.79. The van der Waals surface area contributed by atoms with Gasteiger partial charge in [-0.25, -0.2) is 0 Å². The van der Waals surface area contributed by atoms with Crippen LogP contribution in [-0.2, 0) is 0 Å². The summed E-state index contributed by atoms with van der Waals surface area (Å²) in [6.45, 7) is 6.99. The van der Waals surface area contributed by atoms with Gasteiger partial charge in [-0.2, -0.15) is 0 Å². The Morgan fingerprint density at radius 2 is 2.35 bits per heavy atom. The van der Waals surface area contributed by atoms with E-state index in [0.29, 0.717) is 24.2 Å². The molecule has 1 fully saturated rings. The molecule has 5 nitrogen and oxygen atoms in total. The van der Waals surface area contributed by atoms with Crippen LogP contribution in [0.2, 0.25) is 0 Å². The second kappa shape index (κ2) is 6.70. The van der Waals surface area contributed by atoms with E-state index in [1.807, 2.05) is 19.1 Å². The smallest absolute Gasteiger partial charge is 0.269 e. The highest BCUT2D eigenvalue weighted by Gasteiger charge is 2.24. The van der Waals surface area contributed by atoms with E-state index in [-0.39, 0.29) is 5.91 Å². The van der Waals surface area contributed by atoms with Crippen LogP contribution in [0.1, 0.15) is 30.8 Å². The minimum absolute atomic E-state index is 0.118. The Labute approximate surface area is 120 Å². The Bertz CT molecular complexity index is 463. The van der Waals surface area contributed by atoms with Crippen molar-refractivity contribution in [2.24, 2.45) is 5.92 Å². The van der Waals surface area contributed by atoms with E-state index >= 15 is 0 Å². The van der Waals surface area contributed by atoms with Crippen LogP contribution in [0.4, 0.5) is 5.69 Å². The van der Waals surface area contributed by atoms with E-state index in [0.717, 1.165) is 25.2 Å². The Kier molecular flexibility index (Phi) is 4.95. The van der Waals surface area contributed by atoms with Gasteiger partial charge in [0.2, 0.25) is 0 Å². The number of likely N-dealkylation sites (tertiary alicyclic amines) is 1. The van der Waals surface area contributed by atoms with Gasteiger partial charge in [0.25, 0.3) is 5.91 Å². The van der Waals surface area contributed by atoms with Gasteiger partial charge in [-0.05, 0) is 45.0 Å². The summed E-state index contributed by atoms with van der Waals surface area (Å²) in [6, 6.07) is 4.21. The lowest BCUT2D eigenvalue weighted by Crippen LogP contribution is -2.43. The summed E-state index contributed by atoms with van der Waals surface area (Å²) < 4.78 is 0. The molecular formula is C15H24N4O. The fourth-order valence-corrected chi connectivity index (χ4v) is 2.68. The van der Waals surface area contributed by atoms with Crippen molar-refractivity contribution in [3.05, 3.63) is 24.0 Å². The first-order chi connectivity index (χ1) is 9.60. The number of pyridine rings is 1. The van der Waals surface area contributed by atoms with Crippen molar-refractivity contribution in [3.63, 3.8) is 0 Å². The molecule has 0 radical (unpaired) electrons. The van der Waals surface area contributed by atoms with Gasteiger partial charge in [0.1, 0.15) is 5.69 Å². The molecule has 2 atom stereocenters. The molecule has 2 heterocycles. The number of nitrogens with zero attached hydrogens (tertiary/aromatic N) is 2. The van der Waals surface area contributed by atoms with E-state index in [9.17, 15) is 4.79 Å². The molecule has 0 aromatic carbocycles. The largest absolute Gasteiger partial charge is 0.382 e. The second-order valence-electron chi connectivity index (χ2n) is 5.57. The summed E-state index contributed by atoms with van der Waals surface area (Å²) in [5.74, 6) is 0.474. The fourth-order valence-electron chi connectivity index (χ4n) is 2.68. The summed E-state index contributed by atoms with van der Waals surface area (Å²) in [5, 5.41) is 6.31. The number of hydrogen-bond donors (Lipinski definition) is 2. The average Bonchev–Trinajstić information content (AvgIpc) is 2.43. The first-order valence-electron chi connectivity index (χ1n) is 7.29. The molecule has 0 saturated carbocycles. The van der Waals surface area contributed by atoms with Crippen LogP contribution >= 0.6 is 0 Å². The predicted octanol–water partition coefficient (Wildman–Crippen LogP) is 1.58. The number of nitrogens with one attached hydrogen (secondary N) is 2. The van der Waals surface area contributed by atoms with Gasteiger partial charge in [-0.3, -0.25) is 9.78 Å². The summed E-state index contributed by atoms with van der Waals surface area (Å²) in [6.07, 6.45) is 2.81. The van der Waals surface area contributed by atoms with Crippen molar-refractivity contribution in [2.45, 2.75) is 26.3 Å². The number of amides is 1. The average molecular weight is 276 g/mol. The predicted molar refractivity (Wildman–Crippen MR) is 80.9 cm³/mol. The summed E-state index contributed by atoms with van der Waals surface area (Å²) in [7, 11) is 2.16. The number of aromatic nitrogens is 1. The first-order valence-corrected chi connectivity index (χ1v) is 7.29. The minimum Gasteiger partial charge on any atom is -0.382 e. The van der Waals surface area contributed by atoms with Crippen LogP contribution in [0.5, 0.6) is 0 Å². The lowest BCUT2D eigenvalue weighted by atomic mass is 9.94. The monoisotopic (exact) mass is 276 g/mol. The second-order valence-corrected chi connectivity index (χ2v) is 5.57. The Morgan fingerprint density at radius 3 is 3.05 bits per heavy atom. The van der Waals surface area contributed by atoms with Gasteiger partial charge in [0.15, 0.2) is 0 Å². The molecule has 1 aromatic heterocycles. The lowest BCUT2D eigenvalue weighted by Gasteiger charge is -2.35. The highest BCUT2D eigenvalue weighted by Crippen LogP contribution is 2.20. The van der Waals surface area contributed by atoms with E-state index in [2.05, 4.69) is 34.5 Å². The van der Waals surface area contributed by atoms with Crippen LogP contribution < -0.4 is 10.6 Å². The summed E-state index contributed by atoms with van der Waals surface area (Å²) in [5.41, 5.74) is 1.44. The van der Waals surface area contributed by atoms with Crippen LogP contribution in [-0.4, -0.2) is 48.5 Å². The summed E-state index contributed by atoms with van der Waals surface area (Å²) in [4.78, 5) is 18.3. The maximum atomic E-state index is 11.8. The topological polar surface area (TPSA) is 57.3 Å². The van der Waals surface area contributed by atoms with Gasteiger partial charge in [-0.15, -0.1) is 0 Å². The molecule has 1 aromatic rings. The third kappa shape index (κ3) is 3.70. The molecule has 5 heteroatoms. The van der Waals surface area contributed by atoms with Crippen LogP contribution in [0.25, 0.3) is 0 Å². The summed E-state index contributed by atoms with van der Waals surface area (Å²) >= 11 is 0. The number of carbonyl (C=O) groups is 1. The molecule has 0 spiro atoms. The number of carbonyl (C=O) groups excluding carboxylic acids is 1. The fraction of sp³-hybridized carbons (Fsp3) is 0.600. The van der Waals surface area contributed by atoms with Gasteiger partial charge in [0, 0.05) is 31.0 Å². The zero-order chi connectivity index (χ0) is 14.5. The Balaban J connectivity index is 2.02. The van der Waals surface area contributed by atoms with Crippen LogP contribution in [0.3, 0.4) is 0 Å². The molecular weight excluding hydrogens is 252 g/mol. The molecule has 1 aliphatic heterocycles. The van der Waals surface area contributed by atoms with E-state index in [1.165, 1.54) is 0 Å². The highest BCUT2D eigenvalue weighted by molar-refractivity contribution is 5.93. The third-order valence-electron chi connectivity index (χ3n) is 3.79. The zero-order valence-corrected chi connectivity index (χ0v) is 12.5. The van der Waals surface area contributed by atoms with Gasteiger partial charge >= 0.3 is 0 Å². The standard InChI is InChI=1S/C15H24N4O/c1-4-16-15(20)14-9-12(5-7-17-14)18-13-6-8-19(3)10-11(13)2/h5,7,9,11,13H,4,6,8,10H2,1-3H3,(H,16,20)(H,17,18). The lowest BCUT2D eigenvalue weighted by molar-refractivity contribution is 0.0951. The van der Waals surface area contributed by atoms with Crippen LogP contribution in [0.15, 0.2) is 18.3 Å². The maximum Gasteiger partial charge on any atom is 0.269 e. The number of rotatable bonds is 4. The molecule has 2 rings (SSSR count). The molecule has 2 unspecified atom stereocenters. The number of hydrogen-bond acceptors (Lipinski definition) is 4. The minimum atomic E-state index is -0.118. The molecule has 2 N–H and O–H groups in total. The molecule has 1 amide bonds. The Morgan fingerprint density at radius 1 is 1.55 bits per heavy atom. The quantitative estimate of drug-likeness (QED) is 0.877. The van der Waals surface area contributed by atoms with Crippen molar-refractivity contribution in [1.29, 1.82) is 0 Å². The van der Waals surface area contributed by atoms with Crippen molar-refractivity contribution < 1.29 is 4.79 Å². The molecule has 20 heavy (non-hydrogen) atoms. The van der Waals surface area contributed by atoms with E-state index in [4.69, 9.17) is 0 Å². The van der Waals surface area contributed by atoms with Gasteiger partial charge in [-0.1, -0.05) is 6.92 Å².